The Hall–Kier alpha value is -1.89. The summed E-state index contributed by atoms with van der Waals surface area (Å²) < 4.78 is 0. The molecule has 0 fully saturated rings. The van der Waals surface area contributed by atoms with Gasteiger partial charge in [-0.05, 0) is 18.8 Å². The Morgan fingerprint density at radius 3 is 2.71 bits per heavy atom. The van der Waals surface area contributed by atoms with Crippen LogP contribution in [-0.4, -0.2) is 44.5 Å². The topological polar surface area (TPSA) is 98.8 Å². The van der Waals surface area contributed by atoms with Gasteiger partial charge in [-0.3, -0.25) is 5.10 Å². The van der Waals surface area contributed by atoms with Crippen molar-refractivity contribution in [2.75, 3.05) is 23.7 Å². The summed E-state index contributed by atoms with van der Waals surface area (Å²) in [7, 11) is 0. The summed E-state index contributed by atoms with van der Waals surface area (Å²) in [6.07, 6.45) is 1.98. The first kappa shape index (κ1) is 15.5. The number of nitrogens with zero attached hydrogens (tertiary/aromatic N) is 3. The quantitative estimate of drug-likeness (QED) is 0.650. The molecule has 1 atom stereocenters. The molecule has 0 amide bonds. The van der Waals surface area contributed by atoms with E-state index in [0.29, 0.717) is 24.0 Å². The third-order valence-corrected chi connectivity index (χ3v) is 3.00. The van der Waals surface area contributed by atoms with Gasteiger partial charge in [0.2, 0.25) is 5.95 Å². The molecular formula is C14H24N6O. The number of H-pyrrole nitrogens is 1. The molecule has 0 saturated heterocycles. The maximum atomic E-state index is 10.1. The van der Waals surface area contributed by atoms with Crippen molar-refractivity contribution in [2.24, 2.45) is 5.41 Å². The average Bonchev–Trinajstić information content (AvgIpc) is 2.82. The highest BCUT2D eigenvalue weighted by molar-refractivity contribution is 5.86. The fraction of sp³-hybridized carbons (Fsp3) is 0.643. The Bertz CT molecular complexity index is 589. The van der Waals surface area contributed by atoms with Crippen LogP contribution in [0.25, 0.3) is 11.0 Å². The van der Waals surface area contributed by atoms with Gasteiger partial charge in [0.05, 0.1) is 17.7 Å². The normalized spacial score (nSPS) is 13.4. The second-order valence-electron chi connectivity index (χ2n) is 6.36. The van der Waals surface area contributed by atoms with E-state index in [2.05, 4.69) is 51.6 Å². The smallest absolute Gasteiger partial charge is 0.226 e. The number of aromatic amines is 1. The van der Waals surface area contributed by atoms with Crippen LogP contribution in [0.15, 0.2) is 6.20 Å². The van der Waals surface area contributed by atoms with Crippen LogP contribution in [0.5, 0.6) is 0 Å². The van der Waals surface area contributed by atoms with Crippen molar-refractivity contribution in [2.45, 2.75) is 40.2 Å². The first-order valence-corrected chi connectivity index (χ1v) is 7.26. The number of nitrogens with one attached hydrogen (secondary N) is 3. The van der Waals surface area contributed by atoms with Crippen molar-refractivity contribution >= 4 is 22.8 Å². The Morgan fingerprint density at radius 1 is 1.29 bits per heavy atom. The standard InChI is InChI=1S/C14H24N6O/c1-5-15-13-18-11(10-8-17-20-12(10)19-13)16-7-9(21)6-14(2,3)4/h8-9,21H,5-7H2,1-4H3,(H3,15,16,17,18,19,20). The lowest BCUT2D eigenvalue weighted by Crippen LogP contribution is -2.25. The van der Waals surface area contributed by atoms with Crippen LogP contribution in [0, 0.1) is 5.41 Å². The molecule has 0 aliphatic carbocycles. The lowest BCUT2D eigenvalue weighted by Gasteiger charge is -2.22. The lowest BCUT2D eigenvalue weighted by atomic mass is 9.89. The molecule has 0 aliphatic heterocycles. The summed E-state index contributed by atoms with van der Waals surface area (Å²) in [4.78, 5) is 8.76. The van der Waals surface area contributed by atoms with Gasteiger partial charge < -0.3 is 15.7 Å². The molecule has 1 unspecified atom stereocenters. The monoisotopic (exact) mass is 292 g/mol. The van der Waals surface area contributed by atoms with Gasteiger partial charge in [-0.2, -0.15) is 15.1 Å². The van der Waals surface area contributed by atoms with E-state index < -0.39 is 6.10 Å². The SMILES string of the molecule is CCNc1nc(NCC(O)CC(C)(C)C)c2cn[nH]c2n1. The minimum Gasteiger partial charge on any atom is -0.391 e. The van der Waals surface area contributed by atoms with E-state index >= 15 is 0 Å². The number of aliphatic hydroxyl groups excluding tert-OH is 1. The molecule has 0 saturated carbocycles. The summed E-state index contributed by atoms with van der Waals surface area (Å²) in [6, 6.07) is 0. The van der Waals surface area contributed by atoms with Crippen LogP contribution in [-0.2, 0) is 0 Å². The Morgan fingerprint density at radius 2 is 2.05 bits per heavy atom. The second-order valence-corrected chi connectivity index (χ2v) is 6.36. The molecule has 0 spiro atoms. The third-order valence-electron chi connectivity index (χ3n) is 3.00. The molecule has 0 bridgehead atoms. The van der Waals surface area contributed by atoms with Crippen molar-refractivity contribution in [3.63, 3.8) is 0 Å². The maximum Gasteiger partial charge on any atom is 0.226 e. The number of anilines is 2. The van der Waals surface area contributed by atoms with Crippen molar-refractivity contribution in [3.8, 4) is 0 Å². The van der Waals surface area contributed by atoms with Gasteiger partial charge in [0.15, 0.2) is 5.65 Å². The van der Waals surface area contributed by atoms with Gasteiger partial charge in [-0.1, -0.05) is 20.8 Å². The molecule has 0 aliphatic rings. The molecule has 7 heteroatoms. The predicted molar refractivity (Wildman–Crippen MR) is 84.4 cm³/mol. The van der Waals surface area contributed by atoms with Crippen molar-refractivity contribution in [1.29, 1.82) is 0 Å². The Balaban J connectivity index is 2.11. The number of hydrogen-bond donors (Lipinski definition) is 4. The summed E-state index contributed by atoms with van der Waals surface area (Å²) >= 11 is 0. The first-order chi connectivity index (χ1) is 9.89. The molecule has 0 radical (unpaired) electrons. The average molecular weight is 292 g/mol. The number of hydrogen-bond acceptors (Lipinski definition) is 6. The molecule has 4 N–H and O–H groups in total. The zero-order valence-electron chi connectivity index (χ0n) is 13.1. The highest BCUT2D eigenvalue weighted by Gasteiger charge is 2.17. The van der Waals surface area contributed by atoms with Gasteiger partial charge >= 0.3 is 0 Å². The zero-order chi connectivity index (χ0) is 15.5. The van der Waals surface area contributed by atoms with Crippen LogP contribution in [0.1, 0.15) is 34.1 Å². The Labute approximate surface area is 124 Å². The minimum absolute atomic E-state index is 0.0899. The van der Waals surface area contributed by atoms with Gasteiger partial charge in [-0.25, -0.2) is 0 Å². The summed E-state index contributed by atoms with van der Waals surface area (Å²) in [6.45, 7) is 9.50. The second kappa shape index (κ2) is 6.26. The fourth-order valence-electron chi connectivity index (χ4n) is 2.20. The molecule has 7 nitrogen and oxygen atoms in total. The van der Waals surface area contributed by atoms with Gasteiger partial charge in [0.25, 0.3) is 0 Å². The van der Waals surface area contributed by atoms with Crippen LogP contribution in [0.4, 0.5) is 11.8 Å². The highest BCUT2D eigenvalue weighted by atomic mass is 16.3. The Kier molecular flexibility index (Phi) is 4.62. The number of aromatic nitrogens is 4. The van der Waals surface area contributed by atoms with Crippen molar-refractivity contribution in [3.05, 3.63) is 6.20 Å². The third kappa shape index (κ3) is 4.29. The van der Waals surface area contributed by atoms with E-state index in [9.17, 15) is 5.11 Å². The van der Waals surface area contributed by atoms with Crippen LogP contribution in [0.3, 0.4) is 0 Å². The lowest BCUT2D eigenvalue weighted by molar-refractivity contribution is 0.132. The van der Waals surface area contributed by atoms with E-state index in [-0.39, 0.29) is 5.41 Å². The van der Waals surface area contributed by atoms with Gasteiger partial charge in [0.1, 0.15) is 5.82 Å². The number of rotatable bonds is 6. The fourth-order valence-corrected chi connectivity index (χ4v) is 2.20. The zero-order valence-corrected chi connectivity index (χ0v) is 13.1. The maximum absolute atomic E-state index is 10.1. The molecular weight excluding hydrogens is 268 g/mol. The largest absolute Gasteiger partial charge is 0.391 e. The van der Waals surface area contributed by atoms with E-state index in [0.717, 1.165) is 18.4 Å². The molecule has 2 aromatic heterocycles. The highest BCUT2D eigenvalue weighted by Crippen LogP contribution is 2.23. The summed E-state index contributed by atoms with van der Waals surface area (Å²) in [5, 5.41) is 24.0. The molecule has 2 rings (SSSR count). The first-order valence-electron chi connectivity index (χ1n) is 7.26. The molecule has 2 aromatic rings. The molecule has 116 valence electrons. The molecule has 2 heterocycles. The number of aliphatic hydroxyl groups is 1. The predicted octanol–water partition coefficient (Wildman–Crippen LogP) is 1.99. The van der Waals surface area contributed by atoms with Crippen LogP contribution in [0.2, 0.25) is 0 Å². The minimum atomic E-state index is -0.426. The summed E-state index contributed by atoms with van der Waals surface area (Å²) in [5.41, 5.74) is 0.765. The van der Waals surface area contributed by atoms with E-state index in [1.807, 2.05) is 6.92 Å². The van der Waals surface area contributed by atoms with E-state index in [1.54, 1.807) is 6.20 Å². The molecule has 21 heavy (non-hydrogen) atoms. The van der Waals surface area contributed by atoms with Gasteiger partial charge in [0, 0.05) is 13.1 Å². The number of fused-ring (bicyclic) bond motifs is 1. The van der Waals surface area contributed by atoms with Crippen molar-refractivity contribution < 1.29 is 5.11 Å². The van der Waals surface area contributed by atoms with Gasteiger partial charge in [-0.15, -0.1) is 0 Å². The van der Waals surface area contributed by atoms with Crippen LogP contribution >= 0.6 is 0 Å². The molecule has 0 aromatic carbocycles. The summed E-state index contributed by atoms with van der Waals surface area (Å²) in [5.74, 6) is 1.22. The van der Waals surface area contributed by atoms with E-state index in [1.165, 1.54) is 0 Å². The van der Waals surface area contributed by atoms with Crippen LogP contribution < -0.4 is 10.6 Å². The van der Waals surface area contributed by atoms with E-state index in [4.69, 9.17) is 0 Å². The van der Waals surface area contributed by atoms with Crippen molar-refractivity contribution in [1.82, 2.24) is 20.2 Å².